The van der Waals surface area contributed by atoms with Gasteiger partial charge in [0.05, 0.1) is 5.51 Å². The van der Waals surface area contributed by atoms with E-state index in [2.05, 4.69) is 15.2 Å². The summed E-state index contributed by atoms with van der Waals surface area (Å²) >= 11 is 1.60. The maximum Gasteiger partial charge on any atom is 0.0791 e. The molecule has 1 N–H and O–H groups in total. The number of H-pyrrole nitrogens is 1. The Morgan fingerprint density at radius 2 is 1.79 bits per heavy atom. The first-order chi connectivity index (χ1) is 7.00. The highest BCUT2D eigenvalue weighted by Gasteiger charge is 1.59. The fourth-order valence-electron chi connectivity index (χ4n) is 0.391. The predicted molar refractivity (Wildman–Crippen MR) is 63.4 cm³/mol. The van der Waals surface area contributed by atoms with Gasteiger partial charge in [-0.2, -0.15) is 5.10 Å². The monoisotopic (exact) mass is 213 g/mol. The zero-order valence-electron chi connectivity index (χ0n) is 9.27. The molecule has 14 heavy (non-hydrogen) atoms. The van der Waals surface area contributed by atoms with Crippen LogP contribution in [0.4, 0.5) is 0 Å². The molecule has 80 valence electrons. The quantitative estimate of drug-likeness (QED) is 0.726. The summed E-state index contributed by atoms with van der Waals surface area (Å²) in [5.41, 5.74) is 1.79. The van der Waals surface area contributed by atoms with E-state index in [1.54, 1.807) is 35.4 Å². The van der Waals surface area contributed by atoms with Crippen molar-refractivity contribution < 1.29 is 0 Å². The van der Waals surface area contributed by atoms with Gasteiger partial charge in [0, 0.05) is 24.0 Å². The van der Waals surface area contributed by atoms with Gasteiger partial charge in [0.15, 0.2) is 0 Å². The highest BCUT2D eigenvalue weighted by atomic mass is 32.1. The van der Waals surface area contributed by atoms with Gasteiger partial charge >= 0.3 is 0 Å². The molecular weight excluding hydrogens is 194 g/mol. The van der Waals surface area contributed by atoms with E-state index in [0.717, 1.165) is 0 Å². The molecule has 0 aliphatic rings. The second-order valence-electron chi connectivity index (χ2n) is 1.44. The van der Waals surface area contributed by atoms with Gasteiger partial charge in [0.2, 0.25) is 0 Å². The van der Waals surface area contributed by atoms with Crippen LogP contribution in [0.15, 0.2) is 35.5 Å². The lowest BCUT2D eigenvalue weighted by Crippen LogP contribution is -1.53. The van der Waals surface area contributed by atoms with E-state index in [1.807, 2.05) is 39.1 Å². The van der Waals surface area contributed by atoms with Crippen LogP contribution in [0.3, 0.4) is 0 Å². The van der Waals surface area contributed by atoms with Crippen LogP contribution in [0.1, 0.15) is 27.7 Å². The number of aromatic amines is 1. The van der Waals surface area contributed by atoms with Crippen LogP contribution < -0.4 is 0 Å². The average molecular weight is 213 g/mol. The van der Waals surface area contributed by atoms with Gasteiger partial charge in [0.1, 0.15) is 0 Å². The first-order valence-electron chi connectivity index (χ1n) is 4.76. The Kier molecular flexibility index (Phi) is 19.5. The average Bonchev–Trinajstić information content (AvgIpc) is 3.01. The van der Waals surface area contributed by atoms with E-state index in [4.69, 9.17) is 0 Å². The molecule has 0 bridgehead atoms. The fourth-order valence-corrected chi connectivity index (χ4v) is 0.742. The predicted octanol–water partition coefficient (Wildman–Crippen LogP) is 3.61. The molecule has 0 aliphatic carbocycles. The van der Waals surface area contributed by atoms with Gasteiger partial charge in [0.25, 0.3) is 0 Å². The van der Waals surface area contributed by atoms with Crippen LogP contribution in [0, 0.1) is 0 Å². The van der Waals surface area contributed by atoms with Crippen molar-refractivity contribution in [3.8, 4) is 0 Å². The fraction of sp³-hybridized carbons (Fsp3) is 0.400. The molecule has 0 spiro atoms. The Hall–Kier alpha value is -1.16. The number of rotatable bonds is 0. The van der Waals surface area contributed by atoms with E-state index in [9.17, 15) is 0 Å². The third-order valence-corrected chi connectivity index (χ3v) is 1.28. The maximum atomic E-state index is 3.74. The Morgan fingerprint density at radius 1 is 1.07 bits per heavy atom. The summed E-state index contributed by atoms with van der Waals surface area (Å²) in [6.07, 6.45) is 5.23. The van der Waals surface area contributed by atoms with Crippen molar-refractivity contribution in [2.24, 2.45) is 0 Å². The topological polar surface area (TPSA) is 41.6 Å². The van der Waals surface area contributed by atoms with Gasteiger partial charge in [-0.25, -0.2) is 0 Å². The number of nitrogens with one attached hydrogen (secondary N) is 1. The van der Waals surface area contributed by atoms with Crippen molar-refractivity contribution in [3.63, 3.8) is 0 Å². The van der Waals surface area contributed by atoms with E-state index >= 15 is 0 Å². The minimum atomic E-state index is 1.60. The number of nitrogens with zero attached hydrogens (tertiary/aromatic N) is 2. The minimum Gasteiger partial charge on any atom is -0.286 e. The Balaban J connectivity index is 0. The first kappa shape index (κ1) is 15.3. The van der Waals surface area contributed by atoms with Crippen LogP contribution in [0.25, 0.3) is 0 Å². The Bertz CT molecular complexity index is 155. The zero-order valence-corrected chi connectivity index (χ0v) is 10.1. The molecule has 0 aliphatic heterocycles. The van der Waals surface area contributed by atoms with Crippen molar-refractivity contribution in [3.05, 3.63) is 35.5 Å². The lowest BCUT2D eigenvalue weighted by molar-refractivity contribution is 1.09. The minimum absolute atomic E-state index is 1.60. The molecule has 0 unspecified atom stereocenters. The highest BCUT2D eigenvalue weighted by Crippen LogP contribution is 1.85. The molecule has 0 saturated carbocycles. The molecule has 4 heteroatoms. The van der Waals surface area contributed by atoms with Gasteiger partial charge in [-0.15, -0.1) is 11.3 Å². The molecule has 2 aromatic heterocycles. The molecule has 2 rings (SSSR count). The molecular formula is C10H19N3S. The number of aromatic nitrogens is 3. The Labute approximate surface area is 90.2 Å². The first-order valence-corrected chi connectivity index (χ1v) is 5.70. The smallest absolute Gasteiger partial charge is 0.0791 e. The second kappa shape index (κ2) is 17.8. The van der Waals surface area contributed by atoms with Crippen LogP contribution in [0.5, 0.6) is 0 Å². The number of thiazole rings is 1. The summed E-state index contributed by atoms with van der Waals surface area (Å²) in [6, 6.07) is 1.83. The van der Waals surface area contributed by atoms with Crippen LogP contribution in [-0.4, -0.2) is 15.2 Å². The van der Waals surface area contributed by atoms with Crippen molar-refractivity contribution in [2.45, 2.75) is 27.7 Å². The van der Waals surface area contributed by atoms with Gasteiger partial charge in [-0.1, -0.05) is 27.7 Å². The van der Waals surface area contributed by atoms with E-state index in [1.165, 1.54) is 0 Å². The summed E-state index contributed by atoms with van der Waals surface area (Å²) < 4.78 is 0. The van der Waals surface area contributed by atoms with E-state index in [0.29, 0.717) is 0 Å². The summed E-state index contributed by atoms with van der Waals surface area (Å²) in [5.74, 6) is 0. The molecule has 0 aromatic carbocycles. The van der Waals surface area contributed by atoms with E-state index < -0.39 is 0 Å². The molecule has 0 fully saturated rings. The van der Waals surface area contributed by atoms with Crippen molar-refractivity contribution in [1.82, 2.24) is 15.2 Å². The number of hydrogen-bond acceptors (Lipinski definition) is 3. The summed E-state index contributed by atoms with van der Waals surface area (Å²) in [4.78, 5) is 3.74. The molecule has 2 aromatic rings. The summed E-state index contributed by atoms with van der Waals surface area (Å²) in [5, 5.41) is 8.14. The maximum absolute atomic E-state index is 3.74. The normalized spacial score (nSPS) is 6.57. The number of hydrogen-bond donors (Lipinski definition) is 1. The van der Waals surface area contributed by atoms with E-state index in [-0.39, 0.29) is 0 Å². The van der Waals surface area contributed by atoms with Crippen molar-refractivity contribution in [2.75, 3.05) is 0 Å². The van der Waals surface area contributed by atoms with Crippen LogP contribution in [-0.2, 0) is 0 Å². The lowest BCUT2D eigenvalue weighted by Gasteiger charge is -1.49. The SMILES string of the molecule is CC.CC.c1cn[nH]c1.c1cscn1. The largest absolute Gasteiger partial charge is 0.286 e. The molecule has 0 amide bonds. The van der Waals surface area contributed by atoms with Crippen LogP contribution >= 0.6 is 11.3 Å². The zero-order chi connectivity index (χ0) is 11.1. The van der Waals surface area contributed by atoms with Gasteiger partial charge in [-0.05, 0) is 6.07 Å². The third kappa shape index (κ3) is 13.4. The van der Waals surface area contributed by atoms with Gasteiger partial charge < -0.3 is 0 Å². The molecule has 0 radical (unpaired) electrons. The lowest BCUT2D eigenvalue weighted by atomic mass is 10.8. The highest BCUT2D eigenvalue weighted by molar-refractivity contribution is 7.07. The summed E-state index contributed by atoms with van der Waals surface area (Å²) in [6.45, 7) is 8.00. The molecule has 2 heterocycles. The van der Waals surface area contributed by atoms with Crippen LogP contribution in [0.2, 0.25) is 0 Å². The van der Waals surface area contributed by atoms with Crippen molar-refractivity contribution >= 4 is 11.3 Å². The molecule has 0 saturated heterocycles. The second-order valence-corrected chi connectivity index (χ2v) is 2.20. The van der Waals surface area contributed by atoms with Crippen molar-refractivity contribution in [1.29, 1.82) is 0 Å². The Morgan fingerprint density at radius 3 is 1.93 bits per heavy atom. The molecule has 0 atom stereocenters. The third-order valence-electron chi connectivity index (χ3n) is 0.753. The standard InChI is InChI=1S/C3H4N2.C3H3NS.2C2H6/c1-2-4-5-3-1;1-2-5-3-4-1;2*1-2/h1-3H,(H,4,5);1-3H;2*1-2H3. The van der Waals surface area contributed by atoms with Gasteiger partial charge in [-0.3, -0.25) is 10.1 Å². The molecule has 3 nitrogen and oxygen atoms in total. The summed E-state index contributed by atoms with van der Waals surface area (Å²) in [7, 11) is 0.